The molecule has 0 spiro atoms. The third kappa shape index (κ3) is 2.97. The van der Waals surface area contributed by atoms with Gasteiger partial charge in [-0.3, -0.25) is 4.79 Å². The largest absolute Gasteiger partial charge is 0.378 e. The van der Waals surface area contributed by atoms with Crippen molar-refractivity contribution in [3.63, 3.8) is 0 Å². The Hall–Kier alpha value is -1.39. The predicted octanol–water partition coefficient (Wildman–Crippen LogP) is 1.90. The van der Waals surface area contributed by atoms with E-state index in [9.17, 15) is 4.79 Å². The minimum atomic E-state index is -0.221. The molecule has 114 valence electrons. The van der Waals surface area contributed by atoms with Crippen LogP contribution in [0.3, 0.4) is 0 Å². The quantitative estimate of drug-likeness (QED) is 0.874. The monoisotopic (exact) mass is 288 g/mol. The third-order valence-electron chi connectivity index (χ3n) is 4.68. The molecule has 2 atom stereocenters. The van der Waals surface area contributed by atoms with Gasteiger partial charge in [-0.1, -0.05) is 38.1 Å². The number of carbonyl (C=O) groups excluding carboxylic acids is 1. The van der Waals surface area contributed by atoms with Crippen LogP contribution < -0.4 is 10.6 Å². The van der Waals surface area contributed by atoms with Crippen LogP contribution in [0.1, 0.15) is 43.9 Å². The SMILES string of the molecule is CC1(C)CC[C@H](NC(=O)[C@H]2COCCN2)c2ccccc21. The number of morpholine rings is 1. The van der Waals surface area contributed by atoms with Crippen molar-refractivity contribution in [2.24, 2.45) is 0 Å². The Balaban J connectivity index is 1.76. The Bertz CT molecular complexity index is 521. The van der Waals surface area contributed by atoms with Crippen LogP contribution in [0.4, 0.5) is 0 Å². The fraction of sp³-hybridized carbons (Fsp3) is 0.588. The number of hydrogen-bond acceptors (Lipinski definition) is 3. The molecule has 1 fully saturated rings. The molecule has 21 heavy (non-hydrogen) atoms. The van der Waals surface area contributed by atoms with Gasteiger partial charge in [0.2, 0.25) is 5.91 Å². The molecule has 1 amide bonds. The zero-order valence-corrected chi connectivity index (χ0v) is 12.8. The van der Waals surface area contributed by atoms with Crippen LogP contribution >= 0.6 is 0 Å². The van der Waals surface area contributed by atoms with Gasteiger partial charge >= 0.3 is 0 Å². The molecule has 1 aromatic carbocycles. The molecule has 0 aromatic heterocycles. The van der Waals surface area contributed by atoms with Gasteiger partial charge in [-0.2, -0.15) is 0 Å². The lowest BCUT2D eigenvalue weighted by Crippen LogP contribution is -2.52. The highest BCUT2D eigenvalue weighted by Crippen LogP contribution is 2.41. The topological polar surface area (TPSA) is 50.4 Å². The van der Waals surface area contributed by atoms with Gasteiger partial charge in [-0.25, -0.2) is 0 Å². The van der Waals surface area contributed by atoms with Crippen LogP contribution in [0, 0.1) is 0 Å². The summed E-state index contributed by atoms with van der Waals surface area (Å²) in [5.41, 5.74) is 2.80. The zero-order chi connectivity index (χ0) is 14.9. The number of amides is 1. The summed E-state index contributed by atoms with van der Waals surface area (Å²) in [7, 11) is 0. The third-order valence-corrected chi connectivity index (χ3v) is 4.68. The second-order valence-corrected chi connectivity index (χ2v) is 6.65. The normalized spacial score (nSPS) is 27.7. The molecule has 3 rings (SSSR count). The van der Waals surface area contributed by atoms with Gasteiger partial charge in [0.05, 0.1) is 19.3 Å². The highest BCUT2D eigenvalue weighted by molar-refractivity contribution is 5.82. The summed E-state index contributed by atoms with van der Waals surface area (Å²) in [5, 5.41) is 6.41. The Morgan fingerprint density at radius 1 is 1.38 bits per heavy atom. The average molecular weight is 288 g/mol. The molecule has 4 heteroatoms. The van der Waals surface area contributed by atoms with E-state index >= 15 is 0 Å². The van der Waals surface area contributed by atoms with E-state index in [-0.39, 0.29) is 23.4 Å². The van der Waals surface area contributed by atoms with Crippen LogP contribution in [0.2, 0.25) is 0 Å². The second-order valence-electron chi connectivity index (χ2n) is 6.65. The zero-order valence-electron chi connectivity index (χ0n) is 12.8. The van der Waals surface area contributed by atoms with Crippen molar-refractivity contribution in [3.05, 3.63) is 35.4 Å². The van der Waals surface area contributed by atoms with Gasteiger partial charge < -0.3 is 15.4 Å². The van der Waals surface area contributed by atoms with E-state index in [2.05, 4.69) is 48.7 Å². The molecule has 1 saturated heterocycles. The number of ether oxygens (including phenoxy) is 1. The molecule has 1 heterocycles. The molecule has 1 aliphatic carbocycles. The maximum Gasteiger partial charge on any atom is 0.240 e. The van der Waals surface area contributed by atoms with Crippen LogP contribution in [-0.4, -0.2) is 31.7 Å². The van der Waals surface area contributed by atoms with Crippen LogP contribution in [-0.2, 0) is 14.9 Å². The van der Waals surface area contributed by atoms with Gasteiger partial charge in [0.25, 0.3) is 0 Å². The van der Waals surface area contributed by atoms with E-state index in [1.807, 2.05) is 0 Å². The highest BCUT2D eigenvalue weighted by Gasteiger charge is 2.34. The molecule has 0 bridgehead atoms. The van der Waals surface area contributed by atoms with Crippen LogP contribution in [0.15, 0.2) is 24.3 Å². The van der Waals surface area contributed by atoms with Crippen molar-refractivity contribution in [1.82, 2.24) is 10.6 Å². The first kappa shape index (κ1) is 14.5. The van der Waals surface area contributed by atoms with Gasteiger partial charge in [0, 0.05) is 6.54 Å². The average Bonchev–Trinajstić information content (AvgIpc) is 2.51. The summed E-state index contributed by atoms with van der Waals surface area (Å²) >= 11 is 0. The van der Waals surface area contributed by atoms with Crippen LogP contribution in [0.25, 0.3) is 0 Å². The van der Waals surface area contributed by atoms with Crippen molar-refractivity contribution in [2.75, 3.05) is 19.8 Å². The summed E-state index contributed by atoms with van der Waals surface area (Å²) in [6.45, 7) is 6.45. The first-order chi connectivity index (χ1) is 10.1. The summed E-state index contributed by atoms with van der Waals surface area (Å²) in [6, 6.07) is 8.37. The molecule has 4 nitrogen and oxygen atoms in total. The molecule has 0 saturated carbocycles. The van der Waals surface area contributed by atoms with Crippen LogP contribution in [0.5, 0.6) is 0 Å². The fourth-order valence-corrected chi connectivity index (χ4v) is 3.37. The number of fused-ring (bicyclic) bond motifs is 1. The number of rotatable bonds is 2. The summed E-state index contributed by atoms with van der Waals surface area (Å²) < 4.78 is 5.37. The van der Waals surface area contributed by atoms with E-state index in [1.165, 1.54) is 11.1 Å². The maximum absolute atomic E-state index is 12.4. The maximum atomic E-state index is 12.4. The lowest BCUT2D eigenvalue weighted by molar-refractivity contribution is -0.126. The number of benzene rings is 1. The standard InChI is InChI=1S/C17H24N2O2/c1-17(2)8-7-14(12-5-3-4-6-13(12)17)19-16(20)15-11-21-10-9-18-15/h3-6,14-15,18H,7-11H2,1-2H3,(H,19,20)/t14-,15+/m0/s1. The number of nitrogens with one attached hydrogen (secondary N) is 2. The fourth-order valence-electron chi connectivity index (χ4n) is 3.37. The molecule has 0 unspecified atom stereocenters. The van der Waals surface area contributed by atoms with Gasteiger partial charge in [-0.15, -0.1) is 0 Å². The Labute approximate surface area is 126 Å². The van der Waals surface area contributed by atoms with Crippen molar-refractivity contribution < 1.29 is 9.53 Å². The summed E-state index contributed by atoms with van der Waals surface area (Å²) in [4.78, 5) is 12.4. The van der Waals surface area contributed by atoms with Crippen molar-refractivity contribution >= 4 is 5.91 Å². The van der Waals surface area contributed by atoms with Gasteiger partial charge in [-0.05, 0) is 29.4 Å². The van der Waals surface area contributed by atoms with E-state index in [0.717, 1.165) is 19.4 Å². The second kappa shape index (κ2) is 5.78. The van der Waals surface area contributed by atoms with Crippen molar-refractivity contribution in [2.45, 2.75) is 44.2 Å². The molecule has 2 aliphatic rings. The first-order valence-electron chi connectivity index (χ1n) is 7.79. The molecule has 1 aromatic rings. The van der Waals surface area contributed by atoms with E-state index in [0.29, 0.717) is 13.2 Å². The Kier molecular flexibility index (Phi) is 4.00. The summed E-state index contributed by atoms with van der Waals surface area (Å²) in [6.07, 6.45) is 2.08. The van der Waals surface area contributed by atoms with E-state index in [4.69, 9.17) is 4.74 Å². The molecule has 1 aliphatic heterocycles. The predicted molar refractivity (Wildman–Crippen MR) is 82.2 cm³/mol. The first-order valence-corrected chi connectivity index (χ1v) is 7.79. The molecular formula is C17H24N2O2. The highest BCUT2D eigenvalue weighted by atomic mass is 16.5. The minimum absolute atomic E-state index is 0.0502. The molecule has 2 N–H and O–H groups in total. The van der Waals surface area contributed by atoms with E-state index in [1.54, 1.807) is 0 Å². The van der Waals surface area contributed by atoms with Gasteiger partial charge in [0.1, 0.15) is 6.04 Å². The van der Waals surface area contributed by atoms with Gasteiger partial charge in [0.15, 0.2) is 0 Å². The van der Waals surface area contributed by atoms with E-state index < -0.39 is 0 Å². The number of carbonyl (C=O) groups is 1. The van der Waals surface area contributed by atoms with Crippen molar-refractivity contribution in [1.29, 1.82) is 0 Å². The Morgan fingerprint density at radius 2 is 2.19 bits per heavy atom. The minimum Gasteiger partial charge on any atom is -0.378 e. The smallest absolute Gasteiger partial charge is 0.240 e. The summed E-state index contributed by atoms with van der Waals surface area (Å²) in [5.74, 6) is 0.0502. The van der Waals surface area contributed by atoms with Crippen molar-refractivity contribution in [3.8, 4) is 0 Å². The lowest BCUT2D eigenvalue weighted by atomic mass is 9.71. The molecule has 0 radical (unpaired) electrons. The lowest BCUT2D eigenvalue weighted by Gasteiger charge is -2.38. The molecular weight excluding hydrogens is 264 g/mol. The Morgan fingerprint density at radius 3 is 2.95 bits per heavy atom. The number of hydrogen-bond donors (Lipinski definition) is 2.